The Morgan fingerprint density at radius 3 is 2.00 bits per heavy atom. The van der Waals surface area contributed by atoms with Crippen LogP contribution in [0.4, 0.5) is 4.39 Å². The monoisotopic (exact) mass is 432 g/mol. The van der Waals surface area contributed by atoms with Crippen molar-refractivity contribution >= 4 is 0 Å². The summed E-state index contributed by atoms with van der Waals surface area (Å²) in [6.07, 6.45) is 18.1. The quantitative estimate of drug-likeness (QED) is 0.308. The summed E-state index contributed by atoms with van der Waals surface area (Å²) in [6.45, 7) is 6.19. The average molecular weight is 433 g/mol. The zero-order valence-electron chi connectivity index (χ0n) is 20.0. The first kappa shape index (κ1) is 24.7. The van der Waals surface area contributed by atoms with Crippen LogP contribution in [0.5, 0.6) is 0 Å². The van der Waals surface area contributed by atoms with Gasteiger partial charge in [0.25, 0.3) is 0 Å². The van der Waals surface area contributed by atoms with Gasteiger partial charge in [0, 0.05) is 11.5 Å². The molecule has 1 saturated carbocycles. The van der Waals surface area contributed by atoms with Crippen molar-refractivity contribution in [2.24, 2.45) is 23.7 Å². The number of unbranched alkanes of at least 4 members (excludes halogenated alkanes) is 7. The topological polar surface area (TPSA) is 18.5 Å². The van der Waals surface area contributed by atoms with Gasteiger partial charge >= 0.3 is 0 Å². The number of hydrogen-bond acceptors (Lipinski definition) is 2. The maximum Gasteiger partial charge on any atom is 0.183 e. The summed E-state index contributed by atoms with van der Waals surface area (Å²) in [4.78, 5) is 0. The Hall–Kier alpha value is -0.930. The summed E-state index contributed by atoms with van der Waals surface area (Å²) in [5.74, 6) is 2.69. The molecule has 0 radical (unpaired) electrons. The highest BCUT2D eigenvalue weighted by Gasteiger charge is 2.33. The fraction of sp³-hybridized carbons (Fsp3) is 0.786. The van der Waals surface area contributed by atoms with Gasteiger partial charge in [-0.05, 0) is 42.7 Å². The van der Waals surface area contributed by atoms with Gasteiger partial charge in [-0.3, -0.25) is 0 Å². The molecule has 1 unspecified atom stereocenters. The van der Waals surface area contributed by atoms with Crippen molar-refractivity contribution in [2.45, 2.75) is 104 Å². The minimum absolute atomic E-state index is 0.218. The highest BCUT2D eigenvalue weighted by atomic mass is 19.1. The van der Waals surface area contributed by atoms with Gasteiger partial charge in [-0.2, -0.15) is 0 Å². The molecule has 1 aromatic rings. The van der Waals surface area contributed by atoms with E-state index in [1.165, 1.54) is 95.6 Å². The van der Waals surface area contributed by atoms with E-state index in [0.29, 0.717) is 11.8 Å². The molecular weight excluding hydrogens is 387 g/mol. The van der Waals surface area contributed by atoms with Crippen molar-refractivity contribution in [3.8, 4) is 0 Å². The molecule has 3 rings (SSSR count). The van der Waals surface area contributed by atoms with Gasteiger partial charge in [0.1, 0.15) is 5.82 Å². The zero-order valence-corrected chi connectivity index (χ0v) is 20.0. The summed E-state index contributed by atoms with van der Waals surface area (Å²) in [5.41, 5.74) is 0.911. The predicted octanol–water partition coefficient (Wildman–Crippen LogP) is 8.46. The van der Waals surface area contributed by atoms with E-state index in [4.69, 9.17) is 9.47 Å². The second kappa shape index (κ2) is 13.6. The predicted molar refractivity (Wildman–Crippen MR) is 126 cm³/mol. The van der Waals surface area contributed by atoms with Gasteiger partial charge in [-0.15, -0.1) is 0 Å². The lowest BCUT2D eigenvalue weighted by atomic mass is 9.71. The Kier molecular flexibility index (Phi) is 10.8. The summed E-state index contributed by atoms with van der Waals surface area (Å²) in [5, 5.41) is 0. The molecular formula is C28H45FO2. The van der Waals surface area contributed by atoms with Crippen LogP contribution in [-0.4, -0.2) is 13.2 Å². The fourth-order valence-corrected chi connectivity index (χ4v) is 5.59. The summed E-state index contributed by atoms with van der Waals surface area (Å²) < 4.78 is 25.2. The molecule has 0 N–H and O–H groups in total. The van der Waals surface area contributed by atoms with Crippen LogP contribution in [-0.2, 0) is 9.47 Å². The van der Waals surface area contributed by atoms with Crippen molar-refractivity contribution in [3.05, 3.63) is 35.6 Å². The normalized spacial score (nSPS) is 27.8. The number of halogens is 1. The third kappa shape index (κ3) is 8.17. The standard InChI is InChI=1S/C28H45FO2/c1-3-4-5-6-7-8-9-10-11-23-12-14-24(15-13-23)22(2)26-20-30-28(31-21-26)25-16-18-27(29)19-17-25/h16-19,22-24,26,28H,3-15,20-21H2,1-2H3. The molecule has 2 nitrogen and oxygen atoms in total. The fourth-order valence-electron chi connectivity index (χ4n) is 5.59. The molecule has 0 amide bonds. The molecule has 1 aromatic carbocycles. The third-order valence-corrected chi connectivity index (χ3v) is 7.91. The van der Waals surface area contributed by atoms with Crippen molar-refractivity contribution in [1.29, 1.82) is 0 Å². The SMILES string of the molecule is CCCCCCCCCCC1CCC(C(C)C2COC(c3ccc(F)cc3)OC2)CC1. The molecule has 1 aliphatic heterocycles. The third-order valence-electron chi connectivity index (χ3n) is 7.91. The van der Waals surface area contributed by atoms with Crippen molar-refractivity contribution in [1.82, 2.24) is 0 Å². The average Bonchev–Trinajstić information content (AvgIpc) is 2.81. The molecule has 0 spiro atoms. The highest BCUT2D eigenvalue weighted by Crippen LogP contribution is 2.40. The number of rotatable bonds is 12. The van der Waals surface area contributed by atoms with Crippen LogP contribution < -0.4 is 0 Å². The second-order valence-electron chi connectivity index (χ2n) is 10.2. The van der Waals surface area contributed by atoms with Crippen LogP contribution >= 0.6 is 0 Å². The van der Waals surface area contributed by atoms with Gasteiger partial charge < -0.3 is 9.47 Å². The van der Waals surface area contributed by atoms with E-state index in [2.05, 4.69) is 13.8 Å². The highest BCUT2D eigenvalue weighted by molar-refractivity contribution is 5.17. The van der Waals surface area contributed by atoms with E-state index in [9.17, 15) is 4.39 Å². The van der Waals surface area contributed by atoms with Crippen LogP contribution in [0.2, 0.25) is 0 Å². The lowest BCUT2D eigenvalue weighted by molar-refractivity contribution is -0.215. The number of benzene rings is 1. The lowest BCUT2D eigenvalue weighted by Gasteiger charge is -2.39. The first-order valence-corrected chi connectivity index (χ1v) is 13.2. The second-order valence-corrected chi connectivity index (χ2v) is 10.2. The first-order chi connectivity index (χ1) is 15.2. The molecule has 1 heterocycles. The molecule has 0 aromatic heterocycles. The van der Waals surface area contributed by atoms with Gasteiger partial charge in [0.15, 0.2) is 6.29 Å². The maximum atomic E-state index is 13.1. The first-order valence-electron chi connectivity index (χ1n) is 13.2. The zero-order chi connectivity index (χ0) is 21.9. The van der Waals surface area contributed by atoms with Crippen LogP contribution in [0.3, 0.4) is 0 Å². The Balaban J connectivity index is 1.27. The largest absolute Gasteiger partial charge is 0.348 e. The minimum Gasteiger partial charge on any atom is -0.348 e. The summed E-state index contributed by atoms with van der Waals surface area (Å²) in [7, 11) is 0. The van der Waals surface area contributed by atoms with E-state index in [0.717, 1.165) is 30.6 Å². The smallest absolute Gasteiger partial charge is 0.183 e. The molecule has 2 fully saturated rings. The Labute approximate surface area is 190 Å². The van der Waals surface area contributed by atoms with Crippen molar-refractivity contribution in [2.75, 3.05) is 13.2 Å². The molecule has 176 valence electrons. The van der Waals surface area contributed by atoms with Crippen LogP contribution in [0.15, 0.2) is 24.3 Å². The molecule has 3 heteroatoms. The molecule has 1 aliphatic carbocycles. The maximum absolute atomic E-state index is 13.1. The molecule has 31 heavy (non-hydrogen) atoms. The van der Waals surface area contributed by atoms with Gasteiger partial charge in [-0.1, -0.05) is 96.6 Å². The van der Waals surface area contributed by atoms with Gasteiger partial charge in [0.2, 0.25) is 0 Å². The van der Waals surface area contributed by atoms with E-state index < -0.39 is 0 Å². The van der Waals surface area contributed by atoms with Crippen molar-refractivity contribution in [3.63, 3.8) is 0 Å². The number of ether oxygens (including phenoxy) is 2. The summed E-state index contributed by atoms with van der Waals surface area (Å²) in [6, 6.07) is 6.47. The Morgan fingerprint density at radius 2 is 1.39 bits per heavy atom. The van der Waals surface area contributed by atoms with E-state index in [1.807, 2.05) is 0 Å². The minimum atomic E-state index is -0.341. The Bertz CT molecular complexity index is 586. The number of hydrogen-bond donors (Lipinski definition) is 0. The van der Waals surface area contributed by atoms with E-state index in [1.54, 1.807) is 12.1 Å². The van der Waals surface area contributed by atoms with Gasteiger partial charge in [0.05, 0.1) is 13.2 Å². The van der Waals surface area contributed by atoms with E-state index in [-0.39, 0.29) is 12.1 Å². The van der Waals surface area contributed by atoms with Crippen LogP contribution in [0.25, 0.3) is 0 Å². The molecule has 0 bridgehead atoms. The van der Waals surface area contributed by atoms with E-state index >= 15 is 0 Å². The van der Waals surface area contributed by atoms with Crippen molar-refractivity contribution < 1.29 is 13.9 Å². The Morgan fingerprint density at radius 1 is 0.806 bits per heavy atom. The molecule has 1 atom stereocenters. The van der Waals surface area contributed by atoms with Gasteiger partial charge in [-0.25, -0.2) is 4.39 Å². The lowest BCUT2D eigenvalue weighted by Crippen LogP contribution is -2.35. The van der Waals surface area contributed by atoms with Crippen LogP contribution in [0.1, 0.15) is 109 Å². The molecule has 2 aliphatic rings. The van der Waals surface area contributed by atoms with Crippen LogP contribution in [0, 0.1) is 29.5 Å². The molecule has 1 saturated heterocycles. The summed E-state index contributed by atoms with van der Waals surface area (Å²) >= 11 is 0.